The third kappa shape index (κ3) is 3.27. The second-order valence-electron chi connectivity index (χ2n) is 7.69. The number of thiophene rings is 1. The van der Waals surface area contributed by atoms with Gasteiger partial charge in [-0.1, -0.05) is 6.92 Å². The number of β-amino-alcohol motifs (C(OH)–C–C–N with tert-alkyl or cyclic N) is 1. The summed E-state index contributed by atoms with van der Waals surface area (Å²) in [6, 6.07) is 0. The second kappa shape index (κ2) is 6.82. The lowest BCUT2D eigenvalue weighted by Gasteiger charge is -2.35. The Morgan fingerprint density at radius 1 is 1.16 bits per heavy atom. The summed E-state index contributed by atoms with van der Waals surface area (Å²) < 4.78 is 0. The average Bonchev–Trinajstić information content (AvgIpc) is 3.18. The van der Waals surface area contributed by atoms with Crippen LogP contribution in [0.1, 0.15) is 42.5 Å². The van der Waals surface area contributed by atoms with E-state index in [1.165, 1.54) is 28.7 Å². The molecule has 0 aliphatic carbocycles. The molecule has 5 nitrogen and oxygen atoms in total. The van der Waals surface area contributed by atoms with Crippen molar-refractivity contribution >= 4 is 27.4 Å². The van der Waals surface area contributed by atoms with E-state index in [1.54, 1.807) is 11.3 Å². The molecule has 136 valence electrons. The summed E-state index contributed by atoms with van der Waals surface area (Å²) in [5.74, 6) is 2.33. The summed E-state index contributed by atoms with van der Waals surface area (Å²) >= 11 is 1.77. The molecule has 0 bridgehead atoms. The van der Waals surface area contributed by atoms with Gasteiger partial charge in [0.15, 0.2) is 0 Å². The molecule has 2 aromatic rings. The van der Waals surface area contributed by atoms with E-state index in [-0.39, 0.29) is 6.10 Å². The van der Waals surface area contributed by atoms with E-state index in [0.717, 1.165) is 49.1 Å². The molecule has 6 heteroatoms. The van der Waals surface area contributed by atoms with E-state index < -0.39 is 0 Å². The van der Waals surface area contributed by atoms with Gasteiger partial charge in [0.25, 0.3) is 0 Å². The van der Waals surface area contributed by atoms with Crippen LogP contribution in [0, 0.1) is 19.8 Å². The van der Waals surface area contributed by atoms with Crippen LogP contribution in [0.15, 0.2) is 0 Å². The summed E-state index contributed by atoms with van der Waals surface area (Å²) in [4.78, 5) is 17.0. The van der Waals surface area contributed by atoms with E-state index in [1.807, 2.05) is 0 Å². The number of aryl methyl sites for hydroxylation is 2. The van der Waals surface area contributed by atoms with E-state index >= 15 is 0 Å². The van der Waals surface area contributed by atoms with Gasteiger partial charge in [-0.3, -0.25) is 4.90 Å². The molecule has 0 radical (unpaired) electrons. The Balaban J connectivity index is 1.74. The first-order chi connectivity index (χ1) is 12.0. The quantitative estimate of drug-likeness (QED) is 0.911. The van der Waals surface area contributed by atoms with Gasteiger partial charge in [0, 0.05) is 18.0 Å². The molecule has 0 spiro atoms. The Labute approximate surface area is 153 Å². The normalized spacial score (nSPS) is 25.2. The lowest BCUT2D eigenvalue weighted by atomic mass is 9.96. The number of rotatable bonds is 3. The van der Waals surface area contributed by atoms with Gasteiger partial charge in [-0.05, 0) is 57.7 Å². The molecule has 1 N–H and O–H groups in total. The zero-order chi connectivity index (χ0) is 17.6. The van der Waals surface area contributed by atoms with Crippen molar-refractivity contribution in [2.75, 3.05) is 31.1 Å². The third-order valence-electron chi connectivity index (χ3n) is 5.84. The lowest BCUT2D eigenvalue weighted by Crippen LogP contribution is -2.43. The maximum Gasteiger partial charge on any atom is 0.146 e. The minimum absolute atomic E-state index is 0.277. The first-order valence-corrected chi connectivity index (χ1v) is 10.3. The fourth-order valence-electron chi connectivity index (χ4n) is 3.95. The smallest absolute Gasteiger partial charge is 0.146 e. The minimum Gasteiger partial charge on any atom is -0.391 e. The Hall–Kier alpha value is -1.24. The number of aliphatic hydroxyl groups excluding tert-OH is 1. The fourth-order valence-corrected chi connectivity index (χ4v) is 5.00. The molecule has 4 rings (SSSR count). The zero-order valence-corrected chi connectivity index (χ0v) is 16.3. The van der Waals surface area contributed by atoms with Crippen LogP contribution in [0.25, 0.3) is 10.2 Å². The van der Waals surface area contributed by atoms with Gasteiger partial charge < -0.3 is 10.0 Å². The number of aromatic nitrogens is 2. The van der Waals surface area contributed by atoms with Gasteiger partial charge in [-0.2, -0.15) is 0 Å². The SMILES string of the molecule is Cc1sc2nc(CN3CCCC3)nc(N3CCC(C)C(O)C3)c2c1C. The highest BCUT2D eigenvalue weighted by Crippen LogP contribution is 2.36. The number of hydrogen-bond donors (Lipinski definition) is 1. The molecule has 2 atom stereocenters. The van der Waals surface area contributed by atoms with Crippen LogP contribution in [-0.4, -0.2) is 52.3 Å². The third-order valence-corrected chi connectivity index (χ3v) is 6.94. The predicted molar refractivity (Wildman–Crippen MR) is 103 cm³/mol. The number of hydrogen-bond acceptors (Lipinski definition) is 6. The largest absolute Gasteiger partial charge is 0.391 e. The Bertz CT molecular complexity index is 768. The molecule has 0 amide bonds. The molecule has 2 unspecified atom stereocenters. The van der Waals surface area contributed by atoms with Gasteiger partial charge in [-0.15, -0.1) is 11.3 Å². The van der Waals surface area contributed by atoms with Crippen molar-refractivity contribution in [2.45, 2.75) is 52.7 Å². The molecule has 2 aromatic heterocycles. The molecule has 0 saturated carbocycles. The van der Waals surface area contributed by atoms with Crippen LogP contribution in [0.5, 0.6) is 0 Å². The van der Waals surface area contributed by atoms with Crippen LogP contribution in [-0.2, 0) is 6.54 Å². The number of likely N-dealkylation sites (tertiary alicyclic amines) is 1. The van der Waals surface area contributed by atoms with Crippen LogP contribution < -0.4 is 4.90 Å². The van der Waals surface area contributed by atoms with Crippen molar-refractivity contribution in [1.82, 2.24) is 14.9 Å². The van der Waals surface area contributed by atoms with Gasteiger partial charge in [0.1, 0.15) is 16.5 Å². The van der Waals surface area contributed by atoms with Gasteiger partial charge in [0.2, 0.25) is 0 Å². The second-order valence-corrected chi connectivity index (χ2v) is 8.89. The number of anilines is 1. The monoisotopic (exact) mass is 360 g/mol. The predicted octanol–water partition coefficient (Wildman–Crippen LogP) is 3.11. The molecular formula is C19H28N4OS. The van der Waals surface area contributed by atoms with Gasteiger partial charge in [0.05, 0.1) is 18.0 Å². The molecule has 0 aromatic carbocycles. The van der Waals surface area contributed by atoms with E-state index in [2.05, 4.69) is 30.6 Å². The van der Waals surface area contributed by atoms with Crippen molar-refractivity contribution < 1.29 is 5.11 Å². The maximum atomic E-state index is 10.4. The molecule has 2 aliphatic heterocycles. The van der Waals surface area contributed by atoms with Crippen molar-refractivity contribution in [3.8, 4) is 0 Å². The van der Waals surface area contributed by atoms with Crippen LogP contribution in [0.2, 0.25) is 0 Å². The molecule has 2 fully saturated rings. The molecule has 25 heavy (non-hydrogen) atoms. The zero-order valence-electron chi connectivity index (χ0n) is 15.5. The Morgan fingerprint density at radius 3 is 2.64 bits per heavy atom. The van der Waals surface area contributed by atoms with Crippen molar-refractivity contribution in [2.24, 2.45) is 5.92 Å². The van der Waals surface area contributed by atoms with Crippen molar-refractivity contribution in [1.29, 1.82) is 0 Å². The van der Waals surface area contributed by atoms with Crippen molar-refractivity contribution in [3.63, 3.8) is 0 Å². The van der Waals surface area contributed by atoms with Gasteiger partial charge >= 0.3 is 0 Å². The average molecular weight is 361 g/mol. The minimum atomic E-state index is -0.277. The first kappa shape index (κ1) is 17.2. The number of piperidine rings is 1. The summed E-state index contributed by atoms with van der Waals surface area (Å²) in [5.41, 5.74) is 1.29. The van der Waals surface area contributed by atoms with Crippen LogP contribution in [0.4, 0.5) is 5.82 Å². The van der Waals surface area contributed by atoms with E-state index in [0.29, 0.717) is 12.5 Å². The van der Waals surface area contributed by atoms with E-state index in [9.17, 15) is 5.11 Å². The van der Waals surface area contributed by atoms with Crippen molar-refractivity contribution in [3.05, 3.63) is 16.3 Å². The van der Waals surface area contributed by atoms with Crippen LogP contribution >= 0.6 is 11.3 Å². The first-order valence-electron chi connectivity index (χ1n) is 9.45. The number of aliphatic hydroxyl groups is 1. The topological polar surface area (TPSA) is 52.5 Å². The summed E-state index contributed by atoms with van der Waals surface area (Å²) in [5, 5.41) is 11.6. The summed E-state index contributed by atoms with van der Waals surface area (Å²) in [6.45, 7) is 11.2. The number of fused-ring (bicyclic) bond motifs is 1. The molecule has 2 saturated heterocycles. The Morgan fingerprint density at radius 2 is 1.92 bits per heavy atom. The summed E-state index contributed by atoms with van der Waals surface area (Å²) in [6.07, 6.45) is 3.29. The standard InChI is InChI=1S/C19H28N4OS/c1-12-6-9-23(10-15(12)24)18-17-13(2)14(3)25-19(17)21-16(20-18)11-22-7-4-5-8-22/h12,15,24H,4-11H2,1-3H3. The molecular weight excluding hydrogens is 332 g/mol. The lowest BCUT2D eigenvalue weighted by molar-refractivity contribution is 0.102. The molecule has 2 aliphatic rings. The highest BCUT2D eigenvalue weighted by molar-refractivity contribution is 7.18. The Kier molecular flexibility index (Phi) is 4.69. The summed E-state index contributed by atoms with van der Waals surface area (Å²) in [7, 11) is 0. The fraction of sp³-hybridized carbons (Fsp3) is 0.684. The maximum absolute atomic E-state index is 10.4. The highest BCUT2D eigenvalue weighted by Gasteiger charge is 2.28. The van der Waals surface area contributed by atoms with Crippen LogP contribution in [0.3, 0.4) is 0 Å². The number of nitrogens with zero attached hydrogens (tertiary/aromatic N) is 4. The molecule has 4 heterocycles. The van der Waals surface area contributed by atoms with Gasteiger partial charge in [-0.25, -0.2) is 9.97 Å². The highest BCUT2D eigenvalue weighted by atomic mass is 32.1. The van der Waals surface area contributed by atoms with E-state index in [4.69, 9.17) is 9.97 Å².